The first-order valence-corrected chi connectivity index (χ1v) is 6.89. The lowest BCUT2D eigenvalue weighted by Crippen LogP contribution is -2.47. The maximum absolute atomic E-state index is 12.2. The van der Waals surface area contributed by atoms with E-state index in [2.05, 4.69) is 0 Å². The molecule has 0 aromatic carbocycles. The number of hydrogen-bond acceptors (Lipinski definition) is 3. The highest BCUT2D eigenvalue weighted by atomic mass is 16.4. The smallest absolute Gasteiger partial charge is 0.326 e. The molecule has 0 aromatic heterocycles. The topological polar surface area (TPSA) is 94.9 Å². The third-order valence-electron chi connectivity index (χ3n) is 2.83. The first-order valence-electron chi connectivity index (χ1n) is 6.89. The first kappa shape index (κ1) is 18.4. The summed E-state index contributed by atoms with van der Waals surface area (Å²) in [7, 11) is 0. The molecule has 0 heterocycles. The Hall–Kier alpha value is -1.59. The molecule has 0 aromatic rings. The Kier molecular flexibility index (Phi) is 7.87. The molecule has 6 nitrogen and oxygen atoms in total. The Bertz CT molecular complexity index is 351. The van der Waals surface area contributed by atoms with Crippen LogP contribution in [0.2, 0.25) is 0 Å². The van der Waals surface area contributed by atoms with Crippen molar-refractivity contribution >= 4 is 17.8 Å². The minimum absolute atomic E-state index is 0.0649. The van der Waals surface area contributed by atoms with E-state index in [4.69, 9.17) is 5.11 Å². The molecule has 0 saturated carbocycles. The van der Waals surface area contributed by atoms with Gasteiger partial charge in [0.15, 0.2) is 0 Å². The van der Waals surface area contributed by atoms with Gasteiger partial charge in [-0.3, -0.25) is 9.59 Å². The maximum atomic E-state index is 12.2. The van der Waals surface area contributed by atoms with E-state index < -0.39 is 18.0 Å². The largest absolute Gasteiger partial charge is 0.481 e. The lowest BCUT2D eigenvalue weighted by Gasteiger charge is -2.30. The lowest BCUT2D eigenvalue weighted by molar-refractivity contribution is -0.152. The average molecular weight is 287 g/mol. The molecule has 0 radical (unpaired) electrons. The summed E-state index contributed by atoms with van der Waals surface area (Å²) in [6, 6.07) is -0.958. The van der Waals surface area contributed by atoms with Gasteiger partial charge in [0, 0.05) is 13.0 Å². The fourth-order valence-electron chi connectivity index (χ4n) is 1.94. The summed E-state index contributed by atoms with van der Waals surface area (Å²) in [4.78, 5) is 35.4. The fourth-order valence-corrected chi connectivity index (χ4v) is 1.94. The van der Waals surface area contributed by atoms with Gasteiger partial charge in [-0.25, -0.2) is 4.79 Å². The maximum Gasteiger partial charge on any atom is 0.326 e. The van der Waals surface area contributed by atoms with Crippen LogP contribution in [0, 0.1) is 11.8 Å². The lowest BCUT2D eigenvalue weighted by atomic mass is 10.0. The molecule has 0 rings (SSSR count). The van der Waals surface area contributed by atoms with Gasteiger partial charge in [0.2, 0.25) is 5.91 Å². The van der Waals surface area contributed by atoms with Crippen molar-refractivity contribution in [2.45, 2.75) is 53.0 Å². The van der Waals surface area contributed by atoms with Crippen molar-refractivity contribution < 1.29 is 24.6 Å². The van der Waals surface area contributed by atoms with E-state index in [1.54, 1.807) is 0 Å². The molecule has 1 amide bonds. The molecular formula is C14H25NO5. The highest BCUT2D eigenvalue weighted by molar-refractivity contribution is 5.84. The predicted molar refractivity (Wildman–Crippen MR) is 74.3 cm³/mol. The normalized spacial score (nSPS) is 12.5. The number of amides is 1. The zero-order valence-electron chi connectivity index (χ0n) is 12.6. The molecule has 0 aliphatic heterocycles. The van der Waals surface area contributed by atoms with Crippen LogP contribution < -0.4 is 0 Å². The van der Waals surface area contributed by atoms with Crippen LogP contribution in [0.5, 0.6) is 0 Å². The Labute approximate surface area is 119 Å². The molecule has 0 aliphatic rings. The van der Waals surface area contributed by atoms with Crippen molar-refractivity contribution in [1.29, 1.82) is 0 Å². The average Bonchev–Trinajstić information content (AvgIpc) is 2.25. The van der Waals surface area contributed by atoms with Crippen LogP contribution in [0.3, 0.4) is 0 Å². The number of rotatable bonds is 9. The molecule has 1 unspecified atom stereocenters. The summed E-state index contributed by atoms with van der Waals surface area (Å²) < 4.78 is 0. The van der Waals surface area contributed by atoms with Crippen molar-refractivity contribution in [2.75, 3.05) is 6.54 Å². The van der Waals surface area contributed by atoms with Crippen molar-refractivity contribution in [1.82, 2.24) is 4.90 Å². The zero-order valence-corrected chi connectivity index (χ0v) is 12.6. The highest BCUT2D eigenvalue weighted by Crippen LogP contribution is 2.16. The number of carboxylic acid groups (broad SMARTS) is 2. The van der Waals surface area contributed by atoms with Crippen LogP contribution in [0.25, 0.3) is 0 Å². The summed E-state index contributed by atoms with van der Waals surface area (Å²) in [5.74, 6) is -2.21. The van der Waals surface area contributed by atoms with Gasteiger partial charge in [-0.15, -0.1) is 0 Å². The minimum atomic E-state index is -1.08. The quantitative estimate of drug-likeness (QED) is 0.674. The van der Waals surface area contributed by atoms with Crippen LogP contribution in [0.1, 0.15) is 47.0 Å². The molecule has 0 aliphatic carbocycles. The molecule has 0 spiro atoms. The van der Waals surface area contributed by atoms with E-state index in [0.717, 1.165) is 0 Å². The van der Waals surface area contributed by atoms with E-state index in [0.29, 0.717) is 6.42 Å². The van der Waals surface area contributed by atoms with Crippen molar-refractivity contribution in [3.63, 3.8) is 0 Å². The van der Waals surface area contributed by atoms with Gasteiger partial charge < -0.3 is 15.1 Å². The Morgan fingerprint density at radius 2 is 1.55 bits per heavy atom. The standard InChI is InChI=1S/C14H25NO5/c1-9(2)7-11(14(19)20)15(6-5-13(17)18)12(16)8-10(3)4/h9-11H,5-8H2,1-4H3,(H,17,18)(H,19,20). The molecule has 116 valence electrons. The SMILES string of the molecule is CC(C)CC(=O)N(CCC(=O)O)C(CC(C)C)C(=O)O. The van der Waals surface area contributed by atoms with Crippen molar-refractivity contribution in [2.24, 2.45) is 11.8 Å². The molecular weight excluding hydrogens is 262 g/mol. The Morgan fingerprint density at radius 1 is 1.00 bits per heavy atom. The second-order valence-corrected chi connectivity index (χ2v) is 5.81. The second-order valence-electron chi connectivity index (χ2n) is 5.81. The Morgan fingerprint density at radius 3 is 1.90 bits per heavy atom. The van der Waals surface area contributed by atoms with Crippen LogP contribution in [0.4, 0.5) is 0 Å². The summed E-state index contributed by atoms with van der Waals surface area (Å²) in [6.45, 7) is 7.41. The highest BCUT2D eigenvalue weighted by Gasteiger charge is 2.30. The molecule has 2 N–H and O–H groups in total. The number of aliphatic carboxylic acids is 2. The Balaban J connectivity index is 5.06. The van der Waals surface area contributed by atoms with Gasteiger partial charge in [-0.05, 0) is 18.3 Å². The van der Waals surface area contributed by atoms with E-state index in [-0.39, 0.29) is 37.1 Å². The molecule has 0 saturated heterocycles. The number of carbonyl (C=O) groups is 3. The van der Waals surface area contributed by atoms with E-state index in [1.807, 2.05) is 27.7 Å². The molecule has 1 atom stereocenters. The first-order chi connectivity index (χ1) is 9.15. The van der Waals surface area contributed by atoms with Gasteiger partial charge in [0.25, 0.3) is 0 Å². The molecule has 6 heteroatoms. The van der Waals surface area contributed by atoms with Gasteiger partial charge >= 0.3 is 11.9 Å². The molecule has 0 fully saturated rings. The third kappa shape index (κ3) is 7.11. The monoisotopic (exact) mass is 287 g/mol. The van der Waals surface area contributed by atoms with Crippen LogP contribution >= 0.6 is 0 Å². The van der Waals surface area contributed by atoms with Gasteiger partial charge in [0.1, 0.15) is 6.04 Å². The van der Waals surface area contributed by atoms with E-state index in [9.17, 15) is 19.5 Å². The van der Waals surface area contributed by atoms with Gasteiger partial charge in [-0.2, -0.15) is 0 Å². The van der Waals surface area contributed by atoms with Crippen molar-refractivity contribution in [3.8, 4) is 0 Å². The number of carboxylic acids is 2. The zero-order chi connectivity index (χ0) is 15.9. The van der Waals surface area contributed by atoms with Crippen LogP contribution in [0.15, 0.2) is 0 Å². The summed E-state index contributed by atoms with van der Waals surface area (Å²) >= 11 is 0. The van der Waals surface area contributed by atoms with Crippen molar-refractivity contribution in [3.05, 3.63) is 0 Å². The number of nitrogens with zero attached hydrogens (tertiary/aromatic N) is 1. The van der Waals surface area contributed by atoms with Crippen LogP contribution in [-0.2, 0) is 14.4 Å². The number of carbonyl (C=O) groups excluding carboxylic acids is 1. The third-order valence-corrected chi connectivity index (χ3v) is 2.83. The van der Waals surface area contributed by atoms with Gasteiger partial charge in [0.05, 0.1) is 6.42 Å². The van der Waals surface area contributed by atoms with Gasteiger partial charge in [-0.1, -0.05) is 27.7 Å². The second kappa shape index (κ2) is 8.55. The van der Waals surface area contributed by atoms with E-state index >= 15 is 0 Å². The van der Waals surface area contributed by atoms with Crippen LogP contribution in [-0.4, -0.2) is 45.5 Å². The summed E-state index contributed by atoms with van der Waals surface area (Å²) in [5, 5.41) is 18.0. The molecule has 20 heavy (non-hydrogen) atoms. The minimum Gasteiger partial charge on any atom is -0.481 e. The summed E-state index contributed by atoms with van der Waals surface area (Å²) in [6.07, 6.45) is 0.298. The fraction of sp³-hybridized carbons (Fsp3) is 0.786. The number of hydrogen-bond donors (Lipinski definition) is 2. The molecule has 0 bridgehead atoms. The summed E-state index contributed by atoms with van der Waals surface area (Å²) in [5.41, 5.74) is 0. The predicted octanol–water partition coefficient (Wildman–Crippen LogP) is 1.84. The van der Waals surface area contributed by atoms with E-state index in [1.165, 1.54) is 4.90 Å².